The van der Waals surface area contributed by atoms with Crippen molar-refractivity contribution in [3.8, 4) is 0 Å². The van der Waals surface area contributed by atoms with Crippen molar-refractivity contribution in [1.82, 2.24) is 19.7 Å². The molecule has 0 atom stereocenters. The summed E-state index contributed by atoms with van der Waals surface area (Å²) in [7, 11) is 0. The van der Waals surface area contributed by atoms with Crippen molar-refractivity contribution in [2.75, 3.05) is 18.4 Å². The molecule has 2 aromatic heterocycles. The third-order valence-electron chi connectivity index (χ3n) is 4.77. The molecule has 3 rings (SSSR count). The molecule has 1 aliphatic rings. The highest BCUT2D eigenvalue weighted by Crippen LogP contribution is 2.18. The van der Waals surface area contributed by atoms with Gasteiger partial charge in [-0.1, -0.05) is 19.9 Å². The average molecular weight is 355 g/mol. The summed E-state index contributed by atoms with van der Waals surface area (Å²) >= 11 is 0. The van der Waals surface area contributed by atoms with Gasteiger partial charge in [0.1, 0.15) is 11.5 Å². The van der Waals surface area contributed by atoms with Crippen LogP contribution in [0, 0.1) is 5.92 Å². The van der Waals surface area contributed by atoms with Crippen LogP contribution in [-0.2, 0) is 13.0 Å². The molecule has 1 aliphatic heterocycles. The first kappa shape index (κ1) is 18.4. The molecule has 0 unspecified atom stereocenters. The van der Waals surface area contributed by atoms with Crippen molar-refractivity contribution in [2.24, 2.45) is 5.92 Å². The number of likely N-dealkylation sites (tertiary alicyclic amines) is 1. The first-order valence-electron chi connectivity index (χ1n) is 9.60. The van der Waals surface area contributed by atoms with E-state index in [2.05, 4.69) is 29.2 Å². The van der Waals surface area contributed by atoms with Crippen molar-refractivity contribution < 1.29 is 4.79 Å². The lowest BCUT2D eigenvalue weighted by atomic mass is 10.0. The van der Waals surface area contributed by atoms with E-state index in [1.807, 2.05) is 40.8 Å². The number of piperidine rings is 1. The van der Waals surface area contributed by atoms with Gasteiger partial charge in [0, 0.05) is 31.9 Å². The van der Waals surface area contributed by atoms with Crippen LogP contribution in [-0.4, -0.2) is 44.7 Å². The van der Waals surface area contributed by atoms with Crippen LogP contribution in [0.5, 0.6) is 0 Å². The number of carbonyl (C=O) groups excluding carboxylic acids is 1. The van der Waals surface area contributed by atoms with Crippen LogP contribution in [0.4, 0.5) is 5.82 Å². The van der Waals surface area contributed by atoms with Crippen LogP contribution < -0.4 is 5.32 Å². The summed E-state index contributed by atoms with van der Waals surface area (Å²) in [4.78, 5) is 19.3. The molecule has 26 heavy (non-hydrogen) atoms. The summed E-state index contributed by atoms with van der Waals surface area (Å²) in [6.07, 6.45) is 4.56. The number of aryl methyl sites for hydroxylation is 1. The van der Waals surface area contributed by atoms with Crippen molar-refractivity contribution in [3.05, 3.63) is 41.9 Å². The van der Waals surface area contributed by atoms with Crippen molar-refractivity contribution in [3.63, 3.8) is 0 Å². The number of pyridine rings is 1. The predicted molar refractivity (Wildman–Crippen MR) is 103 cm³/mol. The van der Waals surface area contributed by atoms with E-state index >= 15 is 0 Å². The number of amides is 1. The SMILES string of the molecule is CCn1nc(CC(C)C)cc1C(=O)N1CCC(Nc2ccccn2)CC1. The fourth-order valence-electron chi connectivity index (χ4n) is 3.45. The monoisotopic (exact) mass is 355 g/mol. The van der Waals surface area contributed by atoms with E-state index in [4.69, 9.17) is 0 Å². The molecule has 0 aromatic carbocycles. The largest absolute Gasteiger partial charge is 0.367 e. The first-order chi connectivity index (χ1) is 12.6. The van der Waals surface area contributed by atoms with Crippen molar-refractivity contribution in [2.45, 2.75) is 52.6 Å². The normalized spacial score (nSPS) is 15.5. The van der Waals surface area contributed by atoms with E-state index in [1.165, 1.54) is 0 Å². The molecule has 0 bridgehead atoms. The second kappa shape index (κ2) is 8.34. The number of hydrogen-bond donors (Lipinski definition) is 1. The maximum Gasteiger partial charge on any atom is 0.272 e. The molecule has 3 heterocycles. The Morgan fingerprint density at radius 1 is 1.31 bits per heavy atom. The molecule has 2 aromatic rings. The predicted octanol–water partition coefficient (Wildman–Crippen LogP) is 3.21. The van der Waals surface area contributed by atoms with Crippen molar-refractivity contribution >= 4 is 11.7 Å². The quantitative estimate of drug-likeness (QED) is 0.864. The standard InChI is InChI=1S/C20H29N5O/c1-4-25-18(14-17(23-25)13-15(2)3)20(26)24-11-8-16(9-12-24)22-19-7-5-6-10-21-19/h5-7,10,14-16H,4,8-9,11-13H2,1-3H3,(H,21,22). The molecule has 6 nitrogen and oxygen atoms in total. The first-order valence-corrected chi connectivity index (χ1v) is 9.60. The summed E-state index contributed by atoms with van der Waals surface area (Å²) in [5.41, 5.74) is 1.73. The minimum absolute atomic E-state index is 0.102. The number of nitrogens with zero attached hydrogens (tertiary/aromatic N) is 4. The fraction of sp³-hybridized carbons (Fsp3) is 0.550. The topological polar surface area (TPSA) is 63.1 Å². The minimum Gasteiger partial charge on any atom is -0.367 e. The molecule has 6 heteroatoms. The Labute approximate surface area is 155 Å². The van der Waals surface area contributed by atoms with Crippen LogP contribution in [0.3, 0.4) is 0 Å². The Morgan fingerprint density at radius 2 is 2.08 bits per heavy atom. The Kier molecular flexibility index (Phi) is 5.91. The summed E-state index contributed by atoms with van der Waals surface area (Å²) in [5, 5.41) is 8.07. The molecule has 1 N–H and O–H groups in total. The Morgan fingerprint density at radius 3 is 2.69 bits per heavy atom. The molecule has 0 spiro atoms. The Hall–Kier alpha value is -2.37. The van der Waals surface area contributed by atoms with Crippen LogP contribution in [0.15, 0.2) is 30.5 Å². The van der Waals surface area contributed by atoms with E-state index in [1.54, 1.807) is 6.20 Å². The summed E-state index contributed by atoms with van der Waals surface area (Å²) in [6.45, 7) is 8.62. The molecular weight excluding hydrogens is 326 g/mol. The number of nitrogens with one attached hydrogen (secondary N) is 1. The van der Waals surface area contributed by atoms with E-state index < -0.39 is 0 Å². The number of anilines is 1. The zero-order valence-corrected chi connectivity index (χ0v) is 16.0. The van der Waals surface area contributed by atoms with Gasteiger partial charge in [-0.2, -0.15) is 5.10 Å². The molecule has 140 valence electrons. The van der Waals surface area contributed by atoms with Crippen LogP contribution >= 0.6 is 0 Å². The lowest BCUT2D eigenvalue weighted by Gasteiger charge is -2.32. The average Bonchev–Trinajstić information content (AvgIpc) is 3.04. The van der Waals surface area contributed by atoms with Gasteiger partial charge in [0.05, 0.1) is 5.69 Å². The molecule has 0 aliphatic carbocycles. The second-order valence-electron chi connectivity index (χ2n) is 7.36. The number of rotatable bonds is 6. The molecule has 1 fully saturated rings. The third-order valence-corrected chi connectivity index (χ3v) is 4.77. The molecule has 1 saturated heterocycles. The van der Waals surface area contributed by atoms with Gasteiger partial charge in [-0.3, -0.25) is 9.48 Å². The number of aromatic nitrogens is 3. The zero-order chi connectivity index (χ0) is 18.5. The van der Waals surface area contributed by atoms with E-state index in [0.717, 1.165) is 56.1 Å². The van der Waals surface area contributed by atoms with Gasteiger partial charge >= 0.3 is 0 Å². The van der Waals surface area contributed by atoms with Gasteiger partial charge < -0.3 is 10.2 Å². The van der Waals surface area contributed by atoms with Crippen molar-refractivity contribution in [1.29, 1.82) is 0 Å². The smallest absolute Gasteiger partial charge is 0.272 e. The number of hydrogen-bond acceptors (Lipinski definition) is 4. The van der Waals surface area contributed by atoms with Gasteiger partial charge in [0.25, 0.3) is 5.91 Å². The lowest BCUT2D eigenvalue weighted by Crippen LogP contribution is -2.43. The molecular formula is C20H29N5O. The maximum absolute atomic E-state index is 13.0. The van der Waals surface area contributed by atoms with Crippen LogP contribution in [0.2, 0.25) is 0 Å². The lowest BCUT2D eigenvalue weighted by molar-refractivity contribution is 0.0706. The van der Waals surface area contributed by atoms with E-state index in [0.29, 0.717) is 12.0 Å². The molecule has 0 radical (unpaired) electrons. The van der Waals surface area contributed by atoms with Gasteiger partial charge in [-0.15, -0.1) is 0 Å². The van der Waals surface area contributed by atoms with Gasteiger partial charge in [0.15, 0.2) is 0 Å². The third kappa shape index (κ3) is 4.42. The summed E-state index contributed by atoms with van der Waals surface area (Å²) in [5.74, 6) is 1.54. The Balaban J connectivity index is 1.60. The van der Waals surface area contributed by atoms with Crippen LogP contribution in [0.1, 0.15) is 49.8 Å². The van der Waals surface area contributed by atoms with E-state index in [-0.39, 0.29) is 5.91 Å². The van der Waals surface area contributed by atoms with Crippen LogP contribution in [0.25, 0.3) is 0 Å². The maximum atomic E-state index is 13.0. The fourth-order valence-corrected chi connectivity index (χ4v) is 3.45. The van der Waals surface area contributed by atoms with Gasteiger partial charge in [-0.25, -0.2) is 4.98 Å². The number of carbonyl (C=O) groups is 1. The second-order valence-corrected chi connectivity index (χ2v) is 7.36. The summed E-state index contributed by atoms with van der Waals surface area (Å²) < 4.78 is 1.85. The van der Waals surface area contributed by atoms with E-state index in [9.17, 15) is 4.79 Å². The minimum atomic E-state index is 0.102. The highest BCUT2D eigenvalue weighted by molar-refractivity contribution is 5.92. The Bertz CT molecular complexity index is 717. The summed E-state index contributed by atoms with van der Waals surface area (Å²) in [6, 6.07) is 8.21. The van der Waals surface area contributed by atoms with Gasteiger partial charge in [0.2, 0.25) is 0 Å². The molecule has 1 amide bonds. The highest BCUT2D eigenvalue weighted by atomic mass is 16.2. The molecule has 0 saturated carbocycles. The zero-order valence-electron chi connectivity index (χ0n) is 16.0. The van der Waals surface area contributed by atoms with Gasteiger partial charge in [-0.05, 0) is 50.3 Å². The highest BCUT2D eigenvalue weighted by Gasteiger charge is 2.26.